The fourth-order valence-electron chi connectivity index (χ4n) is 17.6. The summed E-state index contributed by atoms with van der Waals surface area (Å²) in [5.41, 5.74) is 26.7. The molecule has 0 saturated heterocycles. The van der Waals surface area contributed by atoms with Crippen molar-refractivity contribution in [3.8, 4) is 34.4 Å². The van der Waals surface area contributed by atoms with Gasteiger partial charge in [-0.25, -0.2) is 0 Å². The van der Waals surface area contributed by atoms with Crippen LogP contribution in [0.15, 0.2) is 233 Å². The Hall–Kier alpha value is -11.2. The smallest absolute Gasteiger partial charge is 0.136 e. The third-order valence-electron chi connectivity index (χ3n) is 20.5. The minimum absolute atomic E-state index is 0.157. The second-order valence-electron chi connectivity index (χ2n) is 24.1. The predicted octanol–water partition coefficient (Wildman–Crippen LogP) is 20.0. The van der Waals surface area contributed by atoms with Crippen LogP contribution in [0.2, 0.25) is 0 Å². The van der Waals surface area contributed by atoms with Crippen LogP contribution in [0.1, 0.15) is 102 Å². The number of rotatable bonds is 2. The summed E-state index contributed by atoms with van der Waals surface area (Å²) in [6, 6.07) is 87.6. The Kier molecular flexibility index (Phi) is 8.07. The first-order valence-electron chi connectivity index (χ1n) is 29.4. The van der Waals surface area contributed by atoms with Crippen molar-refractivity contribution in [3.05, 3.63) is 302 Å². The van der Waals surface area contributed by atoms with Crippen molar-refractivity contribution in [2.75, 3.05) is 0 Å². The molecule has 5 nitrogen and oxygen atoms in total. The average Bonchev–Trinajstić information content (AvgIpc) is 1.66. The first-order valence-corrected chi connectivity index (χ1v) is 29.4. The Morgan fingerprint density at radius 3 is 1.01 bits per heavy atom. The van der Waals surface area contributed by atoms with Gasteiger partial charge in [-0.15, -0.1) is 0 Å². The summed E-state index contributed by atoms with van der Waals surface area (Å²) in [5, 5.41) is 36.9. The van der Waals surface area contributed by atoms with E-state index >= 15 is 0 Å². The van der Waals surface area contributed by atoms with E-state index in [2.05, 4.69) is 241 Å². The highest BCUT2D eigenvalue weighted by Crippen LogP contribution is 2.65. The number of furan rings is 2. The lowest BCUT2D eigenvalue weighted by atomic mass is 9.59. The van der Waals surface area contributed by atoms with Crippen LogP contribution in [0, 0.1) is 22.7 Å². The molecule has 5 heteroatoms. The molecular formula is C80H41N3O2. The number of hydrogen-bond donors (Lipinski definition) is 0. The molecule has 388 valence electrons. The Morgan fingerprint density at radius 2 is 0.635 bits per heavy atom. The summed E-state index contributed by atoms with van der Waals surface area (Å²) in [6.07, 6.45) is 0. The maximum absolute atomic E-state index is 11.9. The second-order valence-corrected chi connectivity index (χ2v) is 24.1. The number of hydrogen-bond acceptors (Lipinski definition) is 4. The molecule has 0 aliphatic heterocycles. The van der Waals surface area contributed by atoms with E-state index in [1.165, 1.54) is 55.6 Å². The molecule has 4 aromatic heterocycles. The van der Waals surface area contributed by atoms with E-state index in [-0.39, 0.29) is 23.7 Å². The van der Waals surface area contributed by atoms with Gasteiger partial charge < -0.3 is 13.2 Å². The summed E-state index contributed by atoms with van der Waals surface area (Å²) in [4.78, 5) is 0. The van der Waals surface area contributed by atoms with Crippen molar-refractivity contribution in [2.24, 2.45) is 0 Å². The average molecular weight is 1080 g/mol. The lowest BCUT2D eigenvalue weighted by Crippen LogP contribution is -2.28. The van der Waals surface area contributed by atoms with Crippen molar-refractivity contribution in [3.63, 3.8) is 0 Å². The second kappa shape index (κ2) is 15.4. The van der Waals surface area contributed by atoms with E-state index in [9.17, 15) is 10.5 Å². The number of nitrogens with zero attached hydrogens (tertiary/aromatic N) is 3. The highest BCUT2D eigenvalue weighted by Gasteiger charge is 2.48. The SMILES string of the molecule is N#Cc1cc2c(c3c1C1c4ccccc4C3c3ccccc31)c1c(-c3c4ccccc4cc4oc5ccccc5c34)cc(-c3c4ccccc4cc4oc5ccccc5c34)c3c4c5c(c(C#N)cc4n2c13)C1c2ccccc2C5c2ccccc21. The molecule has 17 aromatic rings. The van der Waals surface area contributed by atoms with Gasteiger partial charge >= 0.3 is 0 Å². The summed E-state index contributed by atoms with van der Waals surface area (Å²) < 4.78 is 16.5. The first-order chi connectivity index (χ1) is 42.1. The van der Waals surface area contributed by atoms with Crippen molar-refractivity contribution < 1.29 is 8.83 Å². The number of benzene rings is 13. The molecule has 0 saturated carbocycles. The zero-order valence-electron chi connectivity index (χ0n) is 45.3. The van der Waals surface area contributed by atoms with Gasteiger partial charge in [0.2, 0.25) is 0 Å². The summed E-state index contributed by atoms with van der Waals surface area (Å²) in [5.74, 6) is -0.654. The zero-order chi connectivity index (χ0) is 55.2. The van der Waals surface area contributed by atoms with Gasteiger partial charge in [-0.3, -0.25) is 0 Å². The molecule has 23 rings (SSSR count). The van der Waals surface area contributed by atoms with Crippen LogP contribution in [-0.4, -0.2) is 4.40 Å². The van der Waals surface area contributed by atoms with Gasteiger partial charge in [0.25, 0.3) is 0 Å². The minimum Gasteiger partial charge on any atom is -0.456 e. The zero-order valence-corrected chi connectivity index (χ0v) is 45.3. The fraction of sp³-hybridized carbons (Fsp3) is 0.0500. The van der Waals surface area contributed by atoms with Crippen molar-refractivity contribution in [1.29, 1.82) is 10.5 Å². The van der Waals surface area contributed by atoms with Crippen LogP contribution >= 0.6 is 0 Å². The molecule has 0 fully saturated rings. The molecule has 85 heavy (non-hydrogen) atoms. The van der Waals surface area contributed by atoms with Crippen LogP contribution in [0.3, 0.4) is 0 Å². The molecule has 0 N–H and O–H groups in total. The normalized spacial score (nSPS) is 16.9. The first kappa shape index (κ1) is 44.4. The van der Waals surface area contributed by atoms with Gasteiger partial charge in [0.1, 0.15) is 22.3 Å². The Morgan fingerprint density at radius 1 is 0.306 bits per heavy atom. The van der Waals surface area contributed by atoms with Crippen LogP contribution in [0.25, 0.3) is 126 Å². The number of nitriles is 2. The van der Waals surface area contributed by atoms with Gasteiger partial charge in [-0.05, 0) is 142 Å². The lowest BCUT2D eigenvalue weighted by molar-refractivity contribution is 0.669. The maximum atomic E-state index is 11.9. The highest BCUT2D eigenvalue weighted by molar-refractivity contribution is 6.37. The van der Waals surface area contributed by atoms with Crippen LogP contribution in [0.5, 0.6) is 0 Å². The summed E-state index contributed by atoms with van der Waals surface area (Å²) >= 11 is 0. The minimum atomic E-state index is -0.170. The lowest BCUT2D eigenvalue weighted by Gasteiger charge is -2.43. The van der Waals surface area contributed by atoms with Crippen molar-refractivity contribution in [2.45, 2.75) is 23.7 Å². The van der Waals surface area contributed by atoms with E-state index in [4.69, 9.17) is 8.83 Å². The van der Waals surface area contributed by atoms with Crippen LogP contribution in [-0.2, 0) is 0 Å². The van der Waals surface area contributed by atoms with Gasteiger partial charge in [-0.2, -0.15) is 10.5 Å². The molecule has 0 spiro atoms. The van der Waals surface area contributed by atoms with Gasteiger partial charge in [0.05, 0.1) is 39.8 Å². The molecule has 0 atom stereocenters. The molecule has 0 amide bonds. The van der Waals surface area contributed by atoms with E-state index in [1.54, 1.807) is 0 Å². The molecular weight excluding hydrogens is 1030 g/mol. The molecule has 4 bridgehead atoms. The Bertz CT molecular complexity index is 5650. The molecule has 0 unspecified atom stereocenters. The third kappa shape index (κ3) is 5.20. The van der Waals surface area contributed by atoms with E-state index in [0.717, 1.165) is 137 Å². The number of fused-ring (bicyclic) bond motifs is 14. The monoisotopic (exact) mass is 1080 g/mol. The molecule has 13 aromatic carbocycles. The van der Waals surface area contributed by atoms with E-state index in [1.807, 2.05) is 0 Å². The van der Waals surface area contributed by atoms with Gasteiger partial charge in [0.15, 0.2) is 0 Å². The topological polar surface area (TPSA) is 78.3 Å². The molecule has 6 aliphatic carbocycles. The Labute approximate surface area is 485 Å². The molecule has 6 aliphatic rings. The van der Waals surface area contributed by atoms with Crippen molar-refractivity contribution in [1.82, 2.24) is 4.40 Å². The summed E-state index contributed by atoms with van der Waals surface area (Å²) in [7, 11) is 0. The van der Waals surface area contributed by atoms with Crippen LogP contribution in [0.4, 0.5) is 0 Å². The van der Waals surface area contributed by atoms with Gasteiger partial charge in [0, 0.05) is 77.9 Å². The largest absolute Gasteiger partial charge is 0.456 e. The quantitative estimate of drug-likeness (QED) is 0.173. The van der Waals surface area contributed by atoms with E-state index in [0.29, 0.717) is 11.1 Å². The third-order valence-corrected chi connectivity index (χ3v) is 20.5. The highest BCUT2D eigenvalue weighted by atomic mass is 16.3. The summed E-state index contributed by atoms with van der Waals surface area (Å²) in [6.45, 7) is 0. The number of para-hydroxylation sites is 2. The Balaban J connectivity index is 1.08. The maximum Gasteiger partial charge on any atom is 0.136 e. The molecule has 0 radical (unpaired) electrons. The standard InChI is InChI=1S/C80H41N3O2/c81-38-42-33-58-76(78-64(42)68-46-21-5-9-25-50(46)70(78)51-26-10-6-22-47(51)68)74-56(66-44-19-3-1-17-40(44)35-62-72(66)54-29-13-15-31-60(54)84-62)37-57(67-45-20-4-2-18-41(45)36-63-73(67)55-30-14-16-32-61(55)85-63)75-77-59(83(58)80(74)75)34-43(39-82)65-69-48-23-7-11-27-52(48)71(79(65)77)53-28-12-8-24-49(53)69/h1-37,68-71H. The predicted molar refractivity (Wildman–Crippen MR) is 341 cm³/mol. The fourth-order valence-corrected chi connectivity index (χ4v) is 17.6. The molecule has 4 heterocycles. The van der Waals surface area contributed by atoms with Crippen molar-refractivity contribution >= 4 is 104 Å². The van der Waals surface area contributed by atoms with Gasteiger partial charge in [-0.1, -0.05) is 182 Å². The van der Waals surface area contributed by atoms with E-state index < -0.39 is 0 Å². The number of aromatic nitrogens is 1. The van der Waals surface area contributed by atoms with Crippen LogP contribution < -0.4 is 0 Å².